The van der Waals surface area contributed by atoms with Crippen molar-refractivity contribution in [1.82, 2.24) is 14.7 Å². The van der Waals surface area contributed by atoms with E-state index in [0.29, 0.717) is 22.5 Å². The summed E-state index contributed by atoms with van der Waals surface area (Å²) in [7, 11) is 1.56. The van der Waals surface area contributed by atoms with Crippen LogP contribution in [0.15, 0.2) is 42.5 Å². The summed E-state index contributed by atoms with van der Waals surface area (Å²) >= 11 is 0. The van der Waals surface area contributed by atoms with Crippen molar-refractivity contribution in [2.24, 2.45) is 0 Å². The summed E-state index contributed by atoms with van der Waals surface area (Å²) in [5.41, 5.74) is 2.19. The molecule has 3 aromatic rings. The smallest absolute Gasteiger partial charge is 0.274 e. The summed E-state index contributed by atoms with van der Waals surface area (Å²) in [6.45, 7) is 3.48. The minimum atomic E-state index is -0.757. The van der Waals surface area contributed by atoms with Gasteiger partial charge >= 0.3 is 0 Å². The van der Waals surface area contributed by atoms with Crippen LogP contribution in [0.2, 0.25) is 0 Å². The molecule has 0 unspecified atom stereocenters. The lowest BCUT2D eigenvalue weighted by molar-refractivity contribution is -0.385. The van der Waals surface area contributed by atoms with Crippen LogP contribution >= 0.6 is 0 Å². The van der Waals surface area contributed by atoms with Crippen LogP contribution in [0.25, 0.3) is 5.69 Å². The van der Waals surface area contributed by atoms with E-state index >= 15 is 0 Å². The number of amides is 1. The normalized spacial score (nSPS) is 10.8. The third-order valence-corrected chi connectivity index (χ3v) is 4.93. The fourth-order valence-corrected chi connectivity index (χ4v) is 3.27. The van der Waals surface area contributed by atoms with Gasteiger partial charge in [-0.15, -0.1) is 0 Å². The lowest BCUT2D eigenvalue weighted by Crippen LogP contribution is -2.28. The highest BCUT2D eigenvalue weighted by Crippen LogP contribution is 2.23. The second-order valence-corrected chi connectivity index (χ2v) is 6.97. The Bertz CT molecular complexity index is 1130. The fraction of sp³-hybridized carbons (Fsp3) is 0.238. The lowest BCUT2D eigenvalue weighted by atomic mass is 10.1. The number of benzene rings is 2. The molecule has 0 saturated heterocycles. The van der Waals surface area contributed by atoms with E-state index in [4.69, 9.17) is 0 Å². The maximum absolute atomic E-state index is 14.2. The summed E-state index contributed by atoms with van der Waals surface area (Å²) in [5.74, 6) is -1.71. The molecule has 9 heteroatoms. The number of likely N-dealkylation sites (N-methyl/N-ethyl adjacent to an activating group) is 1. The van der Waals surface area contributed by atoms with Crippen molar-refractivity contribution in [1.29, 1.82) is 0 Å². The molecular weight excluding hydrogens is 394 g/mol. The second-order valence-electron chi connectivity index (χ2n) is 6.97. The number of rotatable bonds is 6. The molecule has 7 nitrogen and oxygen atoms in total. The highest BCUT2D eigenvalue weighted by atomic mass is 19.1. The van der Waals surface area contributed by atoms with E-state index in [9.17, 15) is 23.7 Å². The lowest BCUT2D eigenvalue weighted by Gasteiger charge is -2.17. The standard InChI is InChI=1S/C21H20F2N4O3/c1-13-17(14(2)26(24-13)20-9-8-16(22)10-18(20)23)11-21(28)25(3)12-15-6-4-5-7-19(15)27(29)30/h4-10H,11-12H2,1-3H3. The van der Waals surface area contributed by atoms with Gasteiger partial charge in [0.05, 0.1) is 23.6 Å². The number of carbonyl (C=O) groups excluding carboxylic acids is 1. The Morgan fingerprint density at radius 3 is 2.57 bits per heavy atom. The van der Waals surface area contributed by atoms with Gasteiger partial charge in [-0.05, 0) is 26.0 Å². The van der Waals surface area contributed by atoms with E-state index in [1.54, 1.807) is 39.1 Å². The highest BCUT2D eigenvalue weighted by molar-refractivity contribution is 5.79. The van der Waals surface area contributed by atoms with Gasteiger partial charge in [0, 0.05) is 36.0 Å². The summed E-state index contributed by atoms with van der Waals surface area (Å²) in [5, 5.41) is 15.5. The van der Waals surface area contributed by atoms with Gasteiger partial charge in [0.2, 0.25) is 5.91 Å². The van der Waals surface area contributed by atoms with Crippen molar-refractivity contribution in [3.63, 3.8) is 0 Å². The number of carbonyl (C=O) groups is 1. The van der Waals surface area contributed by atoms with Gasteiger partial charge in [0.25, 0.3) is 5.69 Å². The predicted molar refractivity (Wildman–Crippen MR) is 106 cm³/mol. The van der Waals surface area contributed by atoms with Crippen LogP contribution in [0.5, 0.6) is 0 Å². The van der Waals surface area contributed by atoms with E-state index in [1.807, 2.05) is 0 Å². The largest absolute Gasteiger partial charge is 0.341 e. The number of para-hydroxylation sites is 1. The van der Waals surface area contributed by atoms with Crippen molar-refractivity contribution in [3.05, 3.63) is 86.7 Å². The summed E-state index contributed by atoms with van der Waals surface area (Å²) in [6.07, 6.45) is -0.00237. The van der Waals surface area contributed by atoms with Gasteiger partial charge in [-0.2, -0.15) is 5.10 Å². The Hall–Kier alpha value is -3.62. The quantitative estimate of drug-likeness (QED) is 0.453. The summed E-state index contributed by atoms with van der Waals surface area (Å²) in [4.78, 5) is 24.8. The Kier molecular flexibility index (Phi) is 5.91. The van der Waals surface area contributed by atoms with Crippen LogP contribution in [0.1, 0.15) is 22.5 Å². The first-order valence-electron chi connectivity index (χ1n) is 9.15. The third kappa shape index (κ3) is 4.19. The number of nitro groups is 1. The molecule has 1 amide bonds. The maximum atomic E-state index is 14.2. The minimum Gasteiger partial charge on any atom is -0.341 e. The van der Waals surface area contributed by atoms with Crippen LogP contribution in [-0.2, 0) is 17.8 Å². The molecule has 0 aliphatic rings. The molecular formula is C21H20F2N4O3. The van der Waals surface area contributed by atoms with Crippen LogP contribution in [-0.4, -0.2) is 32.6 Å². The van der Waals surface area contributed by atoms with E-state index < -0.39 is 16.6 Å². The van der Waals surface area contributed by atoms with Crippen molar-refractivity contribution < 1.29 is 18.5 Å². The molecule has 0 N–H and O–H groups in total. The maximum Gasteiger partial charge on any atom is 0.274 e. The fourth-order valence-electron chi connectivity index (χ4n) is 3.27. The number of hydrogen-bond donors (Lipinski definition) is 0. The Morgan fingerprint density at radius 1 is 1.20 bits per heavy atom. The summed E-state index contributed by atoms with van der Waals surface area (Å²) < 4.78 is 28.7. The second kappa shape index (κ2) is 8.40. The number of aryl methyl sites for hydroxylation is 1. The monoisotopic (exact) mass is 414 g/mol. The van der Waals surface area contributed by atoms with Gasteiger partial charge < -0.3 is 4.90 Å². The van der Waals surface area contributed by atoms with E-state index in [0.717, 1.165) is 12.1 Å². The number of nitrogens with zero attached hydrogens (tertiary/aromatic N) is 4. The minimum absolute atomic E-state index is 0.00237. The van der Waals surface area contributed by atoms with Crippen LogP contribution in [0.4, 0.5) is 14.5 Å². The zero-order valence-electron chi connectivity index (χ0n) is 16.7. The first-order chi connectivity index (χ1) is 14.2. The van der Waals surface area contributed by atoms with E-state index in [2.05, 4.69) is 5.10 Å². The van der Waals surface area contributed by atoms with E-state index in [1.165, 1.54) is 21.7 Å². The average Bonchev–Trinajstić information content (AvgIpc) is 2.96. The molecule has 0 aliphatic carbocycles. The van der Waals surface area contributed by atoms with Crippen LogP contribution in [0.3, 0.4) is 0 Å². The third-order valence-electron chi connectivity index (χ3n) is 4.93. The van der Waals surface area contributed by atoms with Crippen molar-refractivity contribution >= 4 is 11.6 Å². The first kappa shape index (κ1) is 21.1. The molecule has 1 heterocycles. The highest BCUT2D eigenvalue weighted by Gasteiger charge is 2.21. The van der Waals surface area contributed by atoms with Crippen molar-refractivity contribution in [2.45, 2.75) is 26.8 Å². The number of halogens is 2. The summed E-state index contributed by atoms with van der Waals surface area (Å²) in [6, 6.07) is 9.44. The molecule has 0 radical (unpaired) electrons. The van der Waals surface area contributed by atoms with Gasteiger partial charge in [-0.3, -0.25) is 14.9 Å². The van der Waals surface area contributed by atoms with Crippen molar-refractivity contribution in [2.75, 3.05) is 7.05 Å². The van der Waals surface area contributed by atoms with Gasteiger partial charge in [-0.1, -0.05) is 18.2 Å². The molecule has 0 fully saturated rings. The molecule has 0 saturated carbocycles. The molecule has 0 aliphatic heterocycles. The zero-order valence-corrected chi connectivity index (χ0v) is 16.7. The zero-order chi connectivity index (χ0) is 22.0. The average molecular weight is 414 g/mol. The number of hydrogen-bond acceptors (Lipinski definition) is 4. The Labute approximate surface area is 171 Å². The number of nitro benzene ring substituents is 1. The Morgan fingerprint density at radius 2 is 1.90 bits per heavy atom. The van der Waals surface area contributed by atoms with Gasteiger partial charge in [0.1, 0.15) is 11.5 Å². The molecule has 2 aromatic carbocycles. The molecule has 156 valence electrons. The first-order valence-corrected chi connectivity index (χ1v) is 9.15. The number of aromatic nitrogens is 2. The molecule has 0 atom stereocenters. The molecule has 3 rings (SSSR count). The molecule has 1 aromatic heterocycles. The van der Waals surface area contributed by atoms with Gasteiger partial charge in [-0.25, -0.2) is 13.5 Å². The molecule has 30 heavy (non-hydrogen) atoms. The Balaban J connectivity index is 1.82. The SMILES string of the molecule is Cc1nn(-c2ccc(F)cc2F)c(C)c1CC(=O)N(C)Cc1ccccc1[N+](=O)[O-]. The van der Waals surface area contributed by atoms with Gasteiger partial charge in [0.15, 0.2) is 5.82 Å². The van der Waals surface area contributed by atoms with Crippen LogP contribution in [0, 0.1) is 35.6 Å². The molecule has 0 spiro atoms. The van der Waals surface area contributed by atoms with Crippen molar-refractivity contribution in [3.8, 4) is 5.69 Å². The van der Waals surface area contributed by atoms with Crippen LogP contribution < -0.4 is 0 Å². The predicted octanol–water partition coefficient (Wildman–Crippen LogP) is 3.88. The molecule has 0 bridgehead atoms. The topological polar surface area (TPSA) is 81.3 Å². The van der Waals surface area contributed by atoms with E-state index in [-0.39, 0.29) is 30.2 Å².